The van der Waals surface area contributed by atoms with Gasteiger partial charge in [0.25, 0.3) is 0 Å². The maximum atomic E-state index is 13.5. The summed E-state index contributed by atoms with van der Waals surface area (Å²) in [6, 6.07) is 19.8. The number of carbonyl (C=O) groups excluding carboxylic acids is 1. The summed E-state index contributed by atoms with van der Waals surface area (Å²) in [5.74, 6) is 0.383. The topological polar surface area (TPSA) is 77.4 Å². The fourth-order valence-corrected chi connectivity index (χ4v) is 4.99. The summed E-state index contributed by atoms with van der Waals surface area (Å²) in [5.41, 5.74) is 0.653. The highest BCUT2D eigenvalue weighted by Crippen LogP contribution is 2.46. The minimum Gasteiger partial charge on any atom is -0.494 e. The summed E-state index contributed by atoms with van der Waals surface area (Å²) in [6.45, 7) is 0.465. The molecule has 0 saturated carbocycles. The van der Waals surface area contributed by atoms with Crippen LogP contribution in [0.3, 0.4) is 0 Å². The third-order valence-corrected chi connectivity index (χ3v) is 7.17. The molecule has 0 saturated heterocycles. The molecule has 2 atom stereocenters. The van der Waals surface area contributed by atoms with Crippen molar-refractivity contribution < 1.29 is 24.1 Å². The lowest BCUT2D eigenvalue weighted by atomic mass is 9.83. The van der Waals surface area contributed by atoms with E-state index in [1.54, 1.807) is 42.5 Å². The van der Waals surface area contributed by atoms with Crippen LogP contribution in [0.5, 0.6) is 5.75 Å². The van der Waals surface area contributed by atoms with Crippen molar-refractivity contribution in [3.63, 3.8) is 0 Å². The molecule has 1 heterocycles. The van der Waals surface area contributed by atoms with Gasteiger partial charge in [-0.3, -0.25) is 0 Å². The Labute approximate surface area is 227 Å². The number of benzene rings is 3. The highest BCUT2D eigenvalue weighted by molar-refractivity contribution is 9.10. The van der Waals surface area contributed by atoms with Crippen molar-refractivity contribution in [3.05, 3.63) is 97.9 Å². The summed E-state index contributed by atoms with van der Waals surface area (Å²) in [4.78, 5) is 18.3. The van der Waals surface area contributed by atoms with E-state index in [1.165, 1.54) is 7.11 Å². The van der Waals surface area contributed by atoms with Crippen molar-refractivity contribution in [2.75, 3.05) is 20.3 Å². The Morgan fingerprint density at radius 2 is 1.89 bits per heavy atom. The predicted octanol–water partition coefficient (Wildman–Crippen LogP) is 6.19. The van der Waals surface area contributed by atoms with E-state index >= 15 is 0 Å². The van der Waals surface area contributed by atoms with E-state index in [2.05, 4.69) is 15.9 Å². The largest absolute Gasteiger partial charge is 0.494 e. The molecule has 0 amide bonds. The fourth-order valence-electron chi connectivity index (χ4n) is 4.06. The van der Waals surface area contributed by atoms with Crippen molar-refractivity contribution in [3.8, 4) is 5.75 Å². The number of aliphatic imine (C=N–C) groups is 1. The second-order valence-corrected chi connectivity index (χ2v) is 9.91. The number of hydrogen-bond acceptors (Lipinski definition) is 6. The number of aliphatic hydroxyl groups is 1. The minimum atomic E-state index is -1.44. The molecule has 6 nitrogen and oxygen atoms in total. The molecular formula is C27H24BrCl2NO5. The smallest absolute Gasteiger partial charge is 0.338 e. The van der Waals surface area contributed by atoms with Gasteiger partial charge in [0.15, 0.2) is 6.10 Å². The molecule has 0 spiro atoms. The number of carbonyl (C=O) groups is 1. The van der Waals surface area contributed by atoms with E-state index in [1.807, 2.05) is 24.3 Å². The zero-order valence-corrected chi connectivity index (χ0v) is 22.5. The van der Waals surface area contributed by atoms with Crippen molar-refractivity contribution in [2.24, 2.45) is 4.99 Å². The molecule has 1 aliphatic heterocycles. The molecule has 9 heteroatoms. The molecule has 188 valence electrons. The van der Waals surface area contributed by atoms with Gasteiger partial charge in [-0.25, -0.2) is 9.79 Å². The molecule has 3 aromatic carbocycles. The van der Waals surface area contributed by atoms with Gasteiger partial charge in [0.05, 0.1) is 13.7 Å². The lowest BCUT2D eigenvalue weighted by Gasteiger charge is -2.30. The molecule has 0 aromatic heterocycles. The zero-order chi connectivity index (χ0) is 25.7. The maximum absolute atomic E-state index is 13.5. The first-order chi connectivity index (χ1) is 17.4. The van der Waals surface area contributed by atoms with E-state index in [-0.39, 0.29) is 18.9 Å². The molecule has 36 heavy (non-hydrogen) atoms. The van der Waals surface area contributed by atoms with Crippen LogP contribution in [0, 0.1) is 0 Å². The fraction of sp³-hybridized carbons (Fsp3) is 0.259. The van der Waals surface area contributed by atoms with Gasteiger partial charge in [0.2, 0.25) is 11.4 Å². The van der Waals surface area contributed by atoms with E-state index in [4.69, 9.17) is 47.5 Å². The molecule has 3 aromatic rings. The number of hydrogen-bond donors (Lipinski definition) is 1. The first-order valence-electron chi connectivity index (χ1n) is 11.3. The SMILES string of the molecule is COC(=O)[C@]1(Cc2ccccc2Br)N=C(c2ccc(OCCCO)cc2)O[C@@H]1c1ccc(Cl)cc1Cl. The van der Waals surface area contributed by atoms with Gasteiger partial charge < -0.3 is 19.3 Å². The normalized spacial score (nSPS) is 18.9. The average molecular weight is 593 g/mol. The summed E-state index contributed by atoms with van der Waals surface area (Å²) in [6.07, 6.45) is -0.119. The molecule has 0 unspecified atom stereocenters. The Hall–Kier alpha value is -2.58. The zero-order valence-electron chi connectivity index (χ0n) is 19.4. The van der Waals surface area contributed by atoms with E-state index in [0.29, 0.717) is 39.9 Å². The Morgan fingerprint density at radius 1 is 1.14 bits per heavy atom. The highest BCUT2D eigenvalue weighted by atomic mass is 79.9. The standard InChI is InChI=1S/C27H24BrCl2NO5/c1-34-26(33)27(16-18-5-2-3-6-22(18)28)24(21-12-9-19(29)15-23(21)30)36-25(31-27)17-7-10-20(11-8-17)35-14-4-13-32/h2-3,5-12,15,24,32H,4,13-14,16H2,1H3/t24-,27-/m1/s1. The van der Waals surface area contributed by atoms with Gasteiger partial charge >= 0.3 is 5.97 Å². The molecular weight excluding hydrogens is 569 g/mol. The minimum absolute atomic E-state index is 0.0600. The van der Waals surface area contributed by atoms with Crippen molar-refractivity contribution in [2.45, 2.75) is 24.5 Å². The van der Waals surface area contributed by atoms with Crippen molar-refractivity contribution in [1.29, 1.82) is 0 Å². The van der Waals surface area contributed by atoms with Crippen LogP contribution in [0.25, 0.3) is 0 Å². The van der Waals surface area contributed by atoms with Gasteiger partial charge in [0.1, 0.15) is 5.75 Å². The molecule has 1 N–H and O–H groups in total. The van der Waals surface area contributed by atoms with Crippen LogP contribution in [-0.2, 0) is 20.7 Å². The van der Waals surface area contributed by atoms with Gasteiger partial charge in [-0.1, -0.05) is 63.4 Å². The third-order valence-electron chi connectivity index (χ3n) is 5.84. The predicted molar refractivity (Wildman–Crippen MR) is 143 cm³/mol. The second kappa shape index (κ2) is 11.6. The highest BCUT2D eigenvalue weighted by Gasteiger charge is 2.55. The molecule has 0 bridgehead atoms. The number of aliphatic hydroxyl groups excluding tert-OH is 1. The van der Waals surface area contributed by atoms with E-state index in [0.717, 1.165) is 10.0 Å². The van der Waals surface area contributed by atoms with Gasteiger partial charge in [0, 0.05) is 45.1 Å². The Balaban J connectivity index is 1.79. The van der Waals surface area contributed by atoms with Crippen LogP contribution < -0.4 is 4.74 Å². The maximum Gasteiger partial charge on any atom is 0.338 e. The molecule has 4 rings (SSSR count). The molecule has 0 aliphatic carbocycles. The van der Waals surface area contributed by atoms with Gasteiger partial charge in [-0.05, 0) is 48.0 Å². The number of ether oxygens (including phenoxy) is 3. The number of methoxy groups -OCH3 is 1. The number of rotatable bonds is 9. The average Bonchev–Trinajstić information content (AvgIpc) is 3.25. The lowest BCUT2D eigenvalue weighted by Crippen LogP contribution is -2.44. The first kappa shape index (κ1) is 26.5. The summed E-state index contributed by atoms with van der Waals surface area (Å²) >= 11 is 16.3. The van der Waals surface area contributed by atoms with E-state index < -0.39 is 17.6 Å². The van der Waals surface area contributed by atoms with Crippen LogP contribution in [0.15, 0.2) is 76.2 Å². The summed E-state index contributed by atoms with van der Waals surface area (Å²) < 4.78 is 18.1. The van der Waals surface area contributed by atoms with E-state index in [9.17, 15) is 4.79 Å². The van der Waals surface area contributed by atoms with Gasteiger partial charge in [-0.2, -0.15) is 0 Å². The first-order valence-corrected chi connectivity index (χ1v) is 12.8. The Morgan fingerprint density at radius 3 is 2.56 bits per heavy atom. The molecule has 0 fully saturated rings. The second-order valence-electron chi connectivity index (χ2n) is 8.21. The summed E-state index contributed by atoms with van der Waals surface area (Å²) in [7, 11) is 1.33. The van der Waals surface area contributed by atoms with Crippen molar-refractivity contribution >= 4 is 51.0 Å². The monoisotopic (exact) mass is 591 g/mol. The van der Waals surface area contributed by atoms with Crippen LogP contribution in [0.1, 0.15) is 29.2 Å². The van der Waals surface area contributed by atoms with Crippen LogP contribution in [-0.4, -0.2) is 42.8 Å². The van der Waals surface area contributed by atoms with Gasteiger partial charge in [-0.15, -0.1) is 0 Å². The Bertz CT molecular complexity index is 1270. The van der Waals surface area contributed by atoms with Crippen LogP contribution >= 0.6 is 39.1 Å². The van der Waals surface area contributed by atoms with Crippen molar-refractivity contribution in [1.82, 2.24) is 0 Å². The number of esters is 1. The number of nitrogens with zero attached hydrogens (tertiary/aromatic N) is 1. The Kier molecular flexibility index (Phi) is 8.57. The molecule has 1 aliphatic rings. The van der Waals surface area contributed by atoms with Crippen LogP contribution in [0.4, 0.5) is 0 Å². The lowest BCUT2D eigenvalue weighted by molar-refractivity contribution is -0.149. The number of halogens is 3. The quantitative estimate of drug-likeness (QED) is 0.237. The van der Waals surface area contributed by atoms with Crippen LogP contribution in [0.2, 0.25) is 10.0 Å². The third kappa shape index (κ3) is 5.54. The molecule has 0 radical (unpaired) electrons. The summed E-state index contributed by atoms with van der Waals surface area (Å²) in [5, 5.41) is 9.78.